The molecule has 3 aromatic heterocycles. The monoisotopic (exact) mass is 483 g/mol. The summed E-state index contributed by atoms with van der Waals surface area (Å²) in [6.45, 7) is 5.31. The van der Waals surface area contributed by atoms with Crippen LogP contribution < -0.4 is 20.3 Å². The predicted octanol–water partition coefficient (Wildman–Crippen LogP) is 2.50. The van der Waals surface area contributed by atoms with Crippen molar-refractivity contribution in [2.75, 3.05) is 24.4 Å². The molecule has 0 saturated heterocycles. The first kappa shape index (κ1) is 24.2. The van der Waals surface area contributed by atoms with Crippen LogP contribution in [-0.4, -0.2) is 68.6 Å². The summed E-state index contributed by atoms with van der Waals surface area (Å²) in [5, 5.41) is 20.1. The number of rotatable bonds is 6. The van der Waals surface area contributed by atoms with Gasteiger partial charge in [-0.3, -0.25) is 9.69 Å². The number of methoxy groups -OCH3 is 1. The van der Waals surface area contributed by atoms with Crippen molar-refractivity contribution in [2.45, 2.75) is 51.4 Å². The number of carbonyl (C=O) groups excluding carboxylic acids is 2. The number of anilines is 3. The van der Waals surface area contributed by atoms with Gasteiger partial charge in [-0.15, -0.1) is 0 Å². The molecule has 186 valence electrons. The van der Waals surface area contributed by atoms with Gasteiger partial charge in [0.25, 0.3) is 5.91 Å². The SMILES string of the molecule is COc1ncccc1Nc1cc(N(C)C(=O)OC(C)(C)C)n2ncc(C(=O)NC3CC[C@H]3O)c2n1. The van der Waals surface area contributed by atoms with Crippen LogP contribution in [0.2, 0.25) is 0 Å². The topological polar surface area (TPSA) is 143 Å². The lowest BCUT2D eigenvalue weighted by molar-refractivity contribution is 0.0448. The minimum Gasteiger partial charge on any atom is -0.480 e. The number of fused-ring (bicyclic) bond motifs is 1. The quantitative estimate of drug-likeness (QED) is 0.482. The van der Waals surface area contributed by atoms with Crippen molar-refractivity contribution in [3.05, 3.63) is 36.2 Å². The number of amides is 2. The van der Waals surface area contributed by atoms with Crippen molar-refractivity contribution in [3.63, 3.8) is 0 Å². The highest BCUT2D eigenvalue weighted by molar-refractivity contribution is 6.00. The number of aliphatic hydroxyl groups excluding tert-OH is 1. The Kier molecular flexibility index (Phi) is 6.48. The number of nitrogens with zero attached hydrogens (tertiary/aromatic N) is 5. The maximum Gasteiger partial charge on any atom is 0.415 e. The van der Waals surface area contributed by atoms with Gasteiger partial charge in [-0.1, -0.05) is 0 Å². The van der Waals surface area contributed by atoms with Gasteiger partial charge in [0.15, 0.2) is 5.65 Å². The smallest absolute Gasteiger partial charge is 0.415 e. The average Bonchev–Trinajstić information content (AvgIpc) is 3.23. The number of hydrogen-bond donors (Lipinski definition) is 3. The molecule has 4 rings (SSSR count). The van der Waals surface area contributed by atoms with Crippen LogP contribution in [0.3, 0.4) is 0 Å². The maximum absolute atomic E-state index is 13.0. The minimum atomic E-state index is -0.708. The Morgan fingerprint density at radius 1 is 1.29 bits per heavy atom. The normalized spacial score (nSPS) is 17.4. The zero-order chi connectivity index (χ0) is 25.3. The lowest BCUT2D eigenvalue weighted by atomic mass is 9.89. The molecule has 12 nitrogen and oxygen atoms in total. The third-order valence-electron chi connectivity index (χ3n) is 5.49. The number of carbonyl (C=O) groups is 2. The summed E-state index contributed by atoms with van der Waals surface area (Å²) >= 11 is 0. The fourth-order valence-electron chi connectivity index (χ4n) is 3.52. The van der Waals surface area contributed by atoms with Gasteiger partial charge in [-0.25, -0.2) is 14.8 Å². The van der Waals surface area contributed by atoms with Crippen LogP contribution in [0, 0.1) is 0 Å². The molecule has 0 aromatic carbocycles. The molecule has 1 saturated carbocycles. The third-order valence-corrected chi connectivity index (χ3v) is 5.49. The summed E-state index contributed by atoms with van der Waals surface area (Å²) in [6.07, 6.45) is 3.14. The highest BCUT2D eigenvalue weighted by atomic mass is 16.6. The molecule has 0 bridgehead atoms. The summed E-state index contributed by atoms with van der Waals surface area (Å²) < 4.78 is 12.2. The van der Waals surface area contributed by atoms with Gasteiger partial charge >= 0.3 is 6.09 Å². The Hall–Kier alpha value is -3.93. The Bertz CT molecular complexity index is 1250. The second-order valence-electron chi connectivity index (χ2n) is 9.24. The molecule has 3 N–H and O–H groups in total. The lowest BCUT2D eigenvalue weighted by Gasteiger charge is -2.32. The number of pyridine rings is 1. The highest BCUT2D eigenvalue weighted by Crippen LogP contribution is 2.28. The summed E-state index contributed by atoms with van der Waals surface area (Å²) in [7, 11) is 3.05. The van der Waals surface area contributed by atoms with Crippen LogP contribution in [0.15, 0.2) is 30.6 Å². The number of hydrogen-bond acceptors (Lipinski definition) is 9. The maximum atomic E-state index is 13.0. The first-order valence-electron chi connectivity index (χ1n) is 11.2. The molecular weight excluding hydrogens is 454 g/mol. The van der Waals surface area contributed by atoms with E-state index in [0.717, 1.165) is 0 Å². The van der Waals surface area contributed by atoms with E-state index in [-0.39, 0.29) is 17.3 Å². The third kappa shape index (κ3) is 5.11. The highest BCUT2D eigenvalue weighted by Gasteiger charge is 2.32. The van der Waals surface area contributed by atoms with Crippen molar-refractivity contribution >= 4 is 35.0 Å². The van der Waals surface area contributed by atoms with E-state index in [4.69, 9.17) is 9.47 Å². The Labute approximate surface area is 202 Å². The van der Waals surface area contributed by atoms with Crippen LogP contribution in [0.4, 0.5) is 22.1 Å². The molecule has 0 radical (unpaired) electrons. The Balaban J connectivity index is 1.76. The van der Waals surface area contributed by atoms with Crippen LogP contribution in [0.5, 0.6) is 5.88 Å². The first-order valence-corrected chi connectivity index (χ1v) is 11.2. The molecule has 1 fully saturated rings. The standard InChI is InChI=1S/C23H29N7O5/c1-23(2,3)35-22(33)29(4)18-11-17(26-15-7-6-10-24-21(15)34-5)28-19-13(12-25-30(18)19)20(32)27-14-8-9-16(14)31/h6-7,10-12,14,16,31H,8-9H2,1-5H3,(H,26,28)(H,27,32)/t14?,16-/m1/s1. The van der Waals surface area contributed by atoms with Crippen LogP contribution in [0.25, 0.3) is 5.65 Å². The van der Waals surface area contributed by atoms with Crippen molar-refractivity contribution < 1.29 is 24.2 Å². The number of aromatic nitrogens is 4. The van der Waals surface area contributed by atoms with Crippen molar-refractivity contribution in [1.82, 2.24) is 24.9 Å². The Morgan fingerprint density at radius 2 is 2.06 bits per heavy atom. The van der Waals surface area contributed by atoms with E-state index in [9.17, 15) is 14.7 Å². The predicted molar refractivity (Wildman–Crippen MR) is 128 cm³/mol. The summed E-state index contributed by atoms with van der Waals surface area (Å²) in [6, 6.07) is 4.78. The van der Waals surface area contributed by atoms with Gasteiger partial charge in [0, 0.05) is 19.3 Å². The van der Waals surface area contributed by atoms with Gasteiger partial charge in [0.05, 0.1) is 25.5 Å². The summed E-state index contributed by atoms with van der Waals surface area (Å²) in [4.78, 5) is 35.8. The molecule has 0 spiro atoms. The van der Waals surface area contributed by atoms with Gasteiger partial charge < -0.3 is 25.2 Å². The molecule has 3 aromatic rings. The molecule has 12 heteroatoms. The molecule has 35 heavy (non-hydrogen) atoms. The second kappa shape index (κ2) is 9.37. The van der Waals surface area contributed by atoms with E-state index in [2.05, 4.69) is 25.7 Å². The average molecular weight is 484 g/mol. The molecule has 3 heterocycles. The number of aliphatic hydroxyl groups is 1. The fraction of sp³-hybridized carbons (Fsp3) is 0.435. The van der Waals surface area contributed by atoms with E-state index in [1.54, 1.807) is 52.2 Å². The summed E-state index contributed by atoms with van der Waals surface area (Å²) in [5.41, 5.74) is 0.251. The fourth-order valence-corrected chi connectivity index (χ4v) is 3.52. The largest absolute Gasteiger partial charge is 0.480 e. The van der Waals surface area contributed by atoms with Gasteiger partial charge in [-0.05, 0) is 45.7 Å². The van der Waals surface area contributed by atoms with Crippen LogP contribution >= 0.6 is 0 Å². The van der Waals surface area contributed by atoms with E-state index >= 15 is 0 Å². The molecule has 2 amide bonds. The molecule has 2 atom stereocenters. The molecule has 0 aliphatic heterocycles. The second-order valence-corrected chi connectivity index (χ2v) is 9.24. The minimum absolute atomic E-state index is 0.199. The number of ether oxygens (including phenoxy) is 2. The zero-order valence-corrected chi connectivity index (χ0v) is 20.3. The van der Waals surface area contributed by atoms with E-state index in [1.165, 1.54) is 22.7 Å². The van der Waals surface area contributed by atoms with Gasteiger partial charge in [0.2, 0.25) is 5.88 Å². The Morgan fingerprint density at radius 3 is 2.69 bits per heavy atom. The lowest BCUT2D eigenvalue weighted by Crippen LogP contribution is -2.50. The molecule has 1 unspecified atom stereocenters. The molecular formula is C23H29N7O5. The van der Waals surface area contributed by atoms with E-state index < -0.39 is 23.7 Å². The van der Waals surface area contributed by atoms with Crippen LogP contribution in [-0.2, 0) is 4.74 Å². The van der Waals surface area contributed by atoms with E-state index in [0.29, 0.717) is 36.0 Å². The van der Waals surface area contributed by atoms with Crippen molar-refractivity contribution in [2.24, 2.45) is 0 Å². The molecule has 1 aliphatic rings. The van der Waals surface area contributed by atoms with Crippen molar-refractivity contribution in [3.8, 4) is 5.88 Å². The number of nitrogens with one attached hydrogen (secondary N) is 2. The van der Waals surface area contributed by atoms with E-state index in [1.807, 2.05) is 0 Å². The van der Waals surface area contributed by atoms with Crippen LogP contribution in [0.1, 0.15) is 44.0 Å². The van der Waals surface area contributed by atoms with Crippen molar-refractivity contribution in [1.29, 1.82) is 0 Å². The summed E-state index contributed by atoms with van der Waals surface area (Å²) in [5.74, 6) is 0.574. The van der Waals surface area contributed by atoms with Gasteiger partial charge in [-0.2, -0.15) is 9.61 Å². The zero-order valence-electron chi connectivity index (χ0n) is 20.3. The molecule has 1 aliphatic carbocycles. The van der Waals surface area contributed by atoms with Gasteiger partial charge in [0.1, 0.15) is 28.5 Å². The first-order chi connectivity index (χ1) is 16.6.